The van der Waals surface area contributed by atoms with E-state index in [-0.39, 0.29) is 17.5 Å². The van der Waals surface area contributed by atoms with Gasteiger partial charge in [-0.3, -0.25) is 14.4 Å². The number of rotatable bonds is 5. The fourth-order valence-corrected chi connectivity index (χ4v) is 7.74. The smallest absolute Gasteiger partial charge is 0.238 e. The summed E-state index contributed by atoms with van der Waals surface area (Å²) in [5.41, 5.74) is 4.50. The number of ether oxygens (including phenoxy) is 1. The van der Waals surface area contributed by atoms with E-state index in [0.717, 1.165) is 28.0 Å². The molecule has 1 fully saturated rings. The minimum atomic E-state index is -1.32. The van der Waals surface area contributed by atoms with Gasteiger partial charge >= 0.3 is 0 Å². The number of aryl methyl sites for hydroxylation is 1. The van der Waals surface area contributed by atoms with Gasteiger partial charge in [0.1, 0.15) is 17.2 Å². The predicted octanol–water partition coefficient (Wildman–Crippen LogP) is 6.31. The number of hydrogen-bond donors (Lipinski definition) is 1. The number of thiophene rings is 1. The molecule has 6 nitrogen and oxygen atoms in total. The number of benzene rings is 3. The summed E-state index contributed by atoms with van der Waals surface area (Å²) >= 11 is 1.35. The van der Waals surface area contributed by atoms with Crippen molar-refractivity contribution in [1.29, 1.82) is 0 Å². The minimum absolute atomic E-state index is 0.162. The van der Waals surface area contributed by atoms with Gasteiger partial charge in [-0.05, 0) is 78.9 Å². The number of ketones is 2. The van der Waals surface area contributed by atoms with Gasteiger partial charge in [-0.1, -0.05) is 42.0 Å². The highest BCUT2D eigenvalue weighted by Crippen LogP contribution is 2.59. The molecule has 1 saturated heterocycles. The summed E-state index contributed by atoms with van der Waals surface area (Å²) in [6.07, 6.45) is 2.08. The van der Waals surface area contributed by atoms with Crippen LogP contribution in [0.25, 0.3) is 5.57 Å². The first kappa shape index (κ1) is 25.5. The molecule has 3 aliphatic rings. The van der Waals surface area contributed by atoms with Crippen LogP contribution in [0.15, 0.2) is 90.3 Å². The lowest BCUT2D eigenvalue weighted by molar-refractivity contribution is -0.121. The number of Topliss-reactive ketones (excluding diaryl/α,β-unsaturated/α-hetero) is 2. The Morgan fingerprint density at radius 2 is 1.73 bits per heavy atom. The van der Waals surface area contributed by atoms with E-state index >= 15 is 0 Å². The van der Waals surface area contributed by atoms with Crippen LogP contribution in [-0.2, 0) is 10.2 Å². The molecule has 0 unspecified atom stereocenters. The molecular weight excluding hydrogens is 532 g/mol. The SMILES string of the molecule is COc1ccc(C(=O)[C@H]2[C@@H](C(=O)c3cccs3)N3c4ccc(C)cc4C(C)=C[C@@H]3[C@@]23C(=O)Nc2ccccc23)cc1. The van der Waals surface area contributed by atoms with Crippen molar-refractivity contribution in [2.24, 2.45) is 5.92 Å². The molecule has 0 radical (unpaired) electrons. The average molecular weight is 561 g/mol. The maximum Gasteiger partial charge on any atom is 0.238 e. The molecule has 1 N–H and O–H groups in total. The Labute approximate surface area is 242 Å². The molecule has 1 amide bonds. The van der Waals surface area contributed by atoms with Gasteiger partial charge in [0.25, 0.3) is 0 Å². The Kier molecular flexibility index (Phi) is 5.77. The van der Waals surface area contributed by atoms with Gasteiger partial charge in [0.2, 0.25) is 5.91 Å². The number of hydrogen-bond acceptors (Lipinski definition) is 6. The van der Waals surface area contributed by atoms with Crippen molar-refractivity contribution in [2.45, 2.75) is 31.3 Å². The maximum absolute atomic E-state index is 14.8. The fourth-order valence-electron chi connectivity index (χ4n) is 7.05. The third-order valence-corrected chi connectivity index (χ3v) is 9.71. The number of para-hydroxylation sites is 1. The second-order valence-corrected chi connectivity index (χ2v) is 11.9. The molecular formula is C34H28N2O4S. The van der Waals surface area contributed by atoms with Crippen molar-refractivity contribution < 1.29 is 19.1 Å². The third-order valence-electron chi connectivity index (χ3n) is 8.82. The number of carbonyl (C=O) groups is 3. The lowest BCUT2D eigenvalue weighted by atomic mass is 9.64. The Morgan fingerprint density at radius 3 is 2.46 bits per heavy atom. The highest BCUT2D eigenvalue weighted by molar-refractivity contribution is 7.12. The lowest BCUT2D eigenvalue weighted by Gasteiger charge is -2.39. The number of anilines is 2. The van der Waals surface area contributed by atoms with E-state index in [4.69, 9.17) is 4.74 Å². The van der Waals surface area contributed by atoms with Gasteiger partial charge in [-0.15, -0.1) is 11.3 Å². The summed E-state index contributed by atoms with van der Waals surface area (Å²) in [5.74, 6) is -1.04. The summed E-state index contributed by atoms with van der Waals surface area (Å²) in [6, 6.07) is 22.8. The van der Waals surface area contributed by atoms with Gasteiger partial charge in [-0.25, -0.2) is 0 Å². The Hall–Kier alpha value is -4.49. The van der Waals surface area contributed by atoms with Crippen molar-refractivity contribution in [1.82, 2.24) is 0 Å². The van der Waals surface area contributed by atoms with Crippen molar-refractivity contribution in [3.05, 3.63) is 117 Å². The number of nitrogens with one attached hydrogen (secondary N) is 1. The van der Waals surface area contributed by atoms with Crippen molar-refractivity contribution in [3.63, 3.8) is 0 Å². The van der Waals surface area contributed by atoms with Crippen LogP contribution in [0.5, 0.6) is 5.75 Å². The van der Waals surface area contributed by atoms with E-state index in [2.05, 4.69) is 22.4 Å². The molecule has 0 aliphatic carbocycles. The molecule has 4 heterocycles. The maximum atomic E-state index is 14.8. The molecule has 4 aromatic rings. The largest absolute Gasteiger partial charge is 0.497 e. The standard InChI is InChI=1S/C34H28N2O4S/c1-19-10-15-26-23(17-19)20(2)18-28-34(24-7-4-5-8-25(24)35-33(34)39)29(31(37)21-11-13-22(40-3)14-12-21)30(36(26)28)32(38)27-9-6-16-41-27/h4-18,28-30H,1-3H3,(H,35,39)/t28-,29-,30+,34-/m1/s1. The van der Waals surface area contributed by atoms with Crippen molar-refractivity contribution in [2.75, 3.05) is 17.3 Å². The van der Waals surface area contributed by atoms with Crippen LogP contribution in [0.1, 0.15) is 43.6 Å². The molecule has 1 aromatic heterocycles. The zero-order valence-electron chi connectivity index (χ0n) is 22.9. The molecule has 0 bridgehead atoms. The van der Waals surface area contributed by atoms with Crippen LogP contribution < -0.4 is 15.0 Å². The normalized spacial score (nSPS) is 23.9. The first-order valence-corrected chi connectivity index (χ1v) is 14.5. The number of amides is 1. The second kappa shape index (κ2) is 9.28. The first-order valence-electron chi connectivity index (χ1n) is 13.6. The molecule has 0 saturated carbocycles. The van der Waals surface area contributed by atoms with Crippen LogP contribution in [-0.4, -0.2) is 36.7 Å². The van der Waals surface area contributed by atoms with Crippen molar-refractivity contribution in [3.8, 4) is 5.75 Å². The Balaban J connectivity index is 1.54. The molecule has 41 heavy (non-hydrogen) atoms. The number of nitrogens with zero attached hydrogens (tertiary/aromatic N) is 1. The van der Waals surface area contributed by atoms with Gasteiger partial charge in [0.15, 0.2) is 11.6 Å². The monoisotopic (exact) mass is 560 g/mol. The zero-order chi connectivity index (χ0) is 28.5. The number of allylic oxidation sites excluding steroid dienone is 1. The van der Waals surface area contributed by atoms with Gasteiger partial charge in [0, 0.05) is 22.5 Å². The van der Waals surface area contributed by atoms with E-state index in [1.54, 1.807) is 37.4 Å². The summed E-state index contributed by atoms with van der Waals surface area (Å²) in [7, 11) is 1.57. The Morgan fingerprint density at radius 1 is 0.951 bits per heavy atom. The summed E-state index contributed by atoms with van der Waals surface area (Å²) in [6.45, 7) is 4.08. The second-order valence-electron chi connectivity index (χ2n) is 10.9. The molecule has 1 spiro atoms. The van der Waals surface area contributed by atoms with Crippen LogP contribution in [0.2, 0.25) is 0 Å². The molecule has 7 rings (SSSR count). The molecule has 4 atom stereocenters. The minimum Gasteiger partial charge on any atom is -0.497 e. The number of carbonyl (C=O) groups excluding carboxylic acids is 3. The summed E-state index contributed by atoms with van der Waals surface area (Å²) in [5, 5.41) is 4.95. The van der Waals surface area contributed by atoms with E-state index in [1.807, 2.05) is 61.7 Å². The molecule has 3 aromatic carbocycles. The first-order chi connectivity index (χ1) is 19.9. The van der Waals surface area contributed by atoms with Crippen LogP contribution in [0, 0.1) is 12.8 Å². The van der Waals surface area contributed by atoms with E-state index in [1.165, 1.54) is 11.3 Å². The van der Waals surface area contributed by atoms with Crippen LogP contribution in [0.4, 0.5) is 11.4 Å². The highest BCUT2D eigenvalue weighted by Gasteiger charge is 2.70. The molecule has 204 valence electrons. The predicted molar refractivity (Wildman–Crippen MR) is 161 cm³/mol. The van der Waals surface area contributed by atoms with Crippen molar-refractivity contribution >= 4 is 45.8 Å². The fraction of sp³-hybridized carbons (Fsp3) is 0.206. The number of methoxy groups -OCH3 is 1. The van der Waals surface area contributed by atoms with E-state index in [0.29, 0.717) is 21.9 Å². The Bertz CT molecular complexity index is 1760. The quantitative estimate of drug-likeness (QED) is 0.290. The third kappa shape index (κ3) is 3.51. The van der Waals surface area contributed by atoms with Gasteiger partial charge < -0.3 is 15.0 Å². The topological polar surface area (TPSA) is 75.7 Å². The number of fused-ring (bicyclic) bond motifs is 6. The molecule has 3 aliphatic heterocycles. The average Bonchev–Trinajstić information content (AvgIpc) is 3.70. The van der Waals surface area contributed by atoms with Gasteiger partial charge in [-0.2, -0.15) is 0 Å². The van der Waals surface area contributed by atoms with Crippen LogP contribution >= 0.6 is 11.3 Å². The van der Waals surface area contributed by atoms with E-state index < -0.39 is 23.4 Å². The van der Waals surface area contributed by atoms with E-state index in [9.17, 15) is 14.4 Å². The summed E-state index contributed by atoms with van der Waals surface area (Å²) in [4.78, 5) is 46.4. The highest BCUT2D eigenvalue weighted by atomic mass is 32.1. The summed E-state index contributed by atoms with van der Waals surface area (Å²) < 4.78 is 5.33. The van der Waals surface area contributed by atoms with Gasteiger partial charge in [0.05, 0.1) is 23.9 Å². The molecule has 7 heteroatoms. The van der Waals surface area contributed by atoms with Crippen LogP contribution in [0.3, 0.4) is 0 Å². The zero-order valence-corrected chi connectivity index (χ0v) is 23.7. The lowest BCUT2D eigenvalue weighted by Crippen LogP contribution is -2.51.